The van der Waals surface area contributed by atoms with Crippen molar-refractivity contribution in [3.63, 3.8) is 0 Å². The molecule has 160 valence electrons. The van der Waals surface area contributed by atoms with Gasteiger partial charge in [-0.25, -0.2) is 0 Å². The van der Waals surface area contributed by atoms with Crippen LogP contribution in [0.5, 0.6) is 0 Å². The molecule has 0 radical (unpaired) electrons. The maximum absolute atomic E-state index is 12.8. The van der Waals surface area contributed by atoms with E-state index in [9.17, 15) is 9.59 Å². The van der Waals surface area contributed by atoms with Gasteiger partial charge in [-0.15, -0.1) is 5.53 Å². The smallest absolute Gasteiger partial charge is 0.271 e. The number of benzene rings is 2. The first-order valence-electron chi connectivity index (χ1n) is 10.6. The van der Waals surface area contributed by atoms with Crippen molar-refractivity contribution in [2.75, 3.05) is 11.6 Å². The van der Waals surface area contributed by atoms with E-state index in [-0.39, 0.29) is 17.9 Å². The molecule has 1 fully saturated rings. The molecule has 31 heavy (non-hydrogen) atoms. The lowest BCUT2D eigenvalue weighted by atomic mass is 10.1. The van der Waals surface area contributed by atoms with Crippen LogP contribution in [0.1, 0.15) is 42.6 Å². The minimum atomic E-state index is -0.136. The first-order valence-corrected chi connectivity index (χ1v) is 10.6. The van der Waals surface area contributed by atoms with E-state index in [2.05, 4.69) is 21.6 Å². The van der Waals surface area contributed by atoms with Crippen molar-refractivity contribution in [2.24, 2.45) is 0 Å². The van der Waals surface area contributed by atoms with Gasteiger partial charge in [0.2, 0.25) is 0 Å². The molecule has 0 atom stereocenters. The quantitative estimate of drug-likeness (QED) is 0.557. The first-order chi connectivity index (χ1) is 15.1. The molecule has 0 aromatic heterocycles. The number of nitrogens with one attached hydrogen (secondary N) is 4. The number of carbonyl (C=O) groups excluding carboxylic acids is 2. The third-order valence-corrected chi connectivity index (χ3v) is 5.24. The van der Waals surface area contributed by atoms with Crippen LogP contribution in [-0.2, 0) is 4.79 Å². The van der Waals surface area contributed by atoms with Gasteiger partial charge in [0.15, 0.2) is 0 Å². The van der Waals surface area contributed by atoms with E-state index in [4.69, 9.17) is 0 Å². The zero-order chi connectivity index (χ0) is 21.8. The number of rotatable bonds is 7. The Labute approximate surface area is 182 Å². The second kappa shape index (κ2) is 9.06. The Bertz CT molecular complexity index is 1020. The predicted molar refractivity (Wildman–Crippen MR) is 121 cm³/mol. The molecule has 1 aliphatic heterocycles. The zero-order valence-corrected chi connectivity index (χ0v) is 17.7. The summed E-state index contributed by atoms with van der Waals surface area (Å²) in [5, 5.41) is 7.65. The molecule has 0 bridgehead atoms. The van der Waals surface area contributed by atoms with Crippen LogP contribution in [0.3, 0.4) is 0 Å². The number of hydrogen-bond donors (Lipinski definition) is 4. The summed E-state index contributed by atoms with van der Waals surface area (Å²) in [6, 6.07) is 17.5. The van der Waals surface area contributed by atoms with Crippen molar-refractivity contribution in [1.82, 2.24) is 21.6 Å². The molecule has 0 unspecified atom stereocenters. The van der Waals surface area contributed by atoms with Crippen molar-refractivity contribution in [1.29, 1.82) is 0 Å². The molecule has 0 spiro atoms. The van der Waals surface area contributed by atoms with Gasteiger partial charge in [0.05, 0.1) is 11.4 Å². The van der Waals surface area contributed by atoms with Gasteiger partial charge in [0.1, 0.15) is 5.70 Å². The fraction of sp³-hybridized carbons (Fsp3) is 0.250. The molecule has 1 saturated carbocycles. The topological polar surface area (TPSA) is 85.5 Å². The highest BCUT2D eigenvalue weighted by molar-refractivity contribution is 5.97. The number of amides is 2. The molecule has 2 aliphatic rings. The van der Waals surface area contributed by atoms with E-state index in [0.29, 0.717) is 23.5 Å². The van der Waals surface area contributed by atoms with Crippen molar-refractivity contribution in [2.45, 2.75) is 32.7 Å². The number of hydrogen-bond acceptors (Lipinski definition) is 5. The highest BCUT2D eigenvalue weighted by Gasteiger charge is 2.31. The SMILES string of the molecule is CCNC(=O)c1ccc(N2NNC(C(=O)NC3CC3)=C2/C=C(/C)c2ccccc2)cc1. The normalized spacial score (nSPS) is 16.2. The van der Waals surface area contributed by atoms with Crippen molar-refractivity contribution < 1.29 is 9.59 Å². The van der Waals surface area contributed by atoms with E-state index in [1.165, 1.54) is 0 Å². The van der Waals surface area contributed by atoms with Crippen molar-refractivity contribution >= 4 is 23.1 Å². The Morgan fingerprint density at radius 3 is 2.39 bits per heavy atom. The van der Waals surface area contributed by atoms with Crippen LogP contribution in [0.4, 0.5) is 5.69 Å². The molecular formula is C24H27N5O2. The van der Waals surface area contributed by atoms with Gasteiger partial charge in [-0.05, 0) is 68.2 Å². The monoisotopic (exact) mass is 417 g/mol. The zero-order valence-electron chi connectivity index (χ0n) is 17.7. The maximum Gasteiger partial charge on any atom is 0.271 e. The minimum Gasteiger partial charge on any atom is -0.352 e. The Morgan fingerprint density at radius 2 is 1.74 bits per heavy atom. The summed E-state index contributed by atoms with van der Waals surface area (Å²) in [5.74, 6) is -0.245. The minimum absolute atomic E-state index is 0.110. The van der Waals surface area contributed by atoms with E-state index in [0.717, 1.165) is 29.7 Å². The summed E-state index contributed by atoms with van der Waals surface area (Å²) >= 11 is 0. The van der Waals surface area contributed by atoms with Crippen LogP contribution >= 0.6 is 0 Å². The molecule has 0 saturated heterocycles. The van der Waals surface area contributed by atoms with Gasteiger partial charge in [0.25, 0.3) is 11.8 Å². The second-order valence-corrected chi connectivity index (χ2v) is 7.68. The van der Waals surface area contributed by atoms with Gasteiger partial charge >= 0.3 is 0 Å². The summed E-state index contributed by atoms with van der Waals surface area (Å²) in [6.07, 6.45) is 4.03. The molecule has 7 nitrogen and oxygen atoms in total. The lowest BCUT2D eigenvalue weighted by molar-refractivity contribution is -0.118. The Morgan fingerprint density at radius 1 is 1.03 bits per heavy atom. The number of carbonyl (C=O) groups is 2. The van der Waals surface area contributed by atoms with E-state index in [1.54, 1.807) is 12.1 Å². The lowest BCUT2D eigenvalue weighted by Crippen LogP contribution is -2.40. The Hall–Kier alpha value is -3.58. The molecule has 4 N–H and O–H groups in total. The van der Waals surface area contributed by atoms with Gasteiger partial charge in [-0.3, -0.25) is 20.0 Å². The Kier molecular flexibility index (Phi) is 6.04. The summed E-state index contributed by atoms with van der Waals surface area (Å²) in [6.45, 7) is 4.49. The maximum atomic E-state index is 12.8. The number of anilines is 1. The third kappa shape index (κ3) is 4.78. The van der Waals surface area contributed by atoms with Crippen molar-refractivity contribution in [3.8, 4) is 0 Å². The van der Waals surface area contributed by atoms with Crippen LogP contribution in [0.25, 0.3) is 5.57 Å². The number of nitrogens with zero attached hydrogens (tertiary/aromatic N) is 1. The lowest BCUT2D eigenvalue weighted by Gasteiger charge is -2.20. The molecule has 7 heteroatoms. The summed E-state index contributed by atoms with van der Waals surface area (Å²) in [4.78, 5) is 24.9. The molecule has 2 aromatic carbocycles. The summed E-state index contributed by atoms with van der Waals surface area (Å²) in [5.41, 5.74) is 10.8. The number of hydrazine groups is 2. The predicted octanol–water partition coefficient (Wildman–Crippen LogP) is 2.86. The van der Waals surface area contributed by atoms with E-state index >= 15 is 0 Å². The average molecular weight is 418 g/mol. The largest absolute Gasteiger partial charge is 0.352 e. The molecule has 2 amide bonds. The first kappa shape index (κ1) is 20.7. The van der Waals surface area contributed by atoms with Crippen LogP contribution in [0.15, 0.2) is 72.1 Å². The van der Waals surface area contributed by atoms with Crippen LogP contribution in [-0.4, -0.2) is 24.4 Å². The molecule has 2 aromatic rings. The van der Waals surface area contributed by atoms with Gasteiger partial charge in [-0.2, -0.15) is 0 Å². The highest BCUT2D eigenvalue weighted by atomic mass is 16.2. The molecule has 1 aliphatic carbocycles. The van der Waals surface area contributed by atoms with Gasteiger partial charge in [0, 0.05) is 18.2 Å². The molecule has 4 rings (SSSR count). The Balaban J connectivity index is 1.66. The number of allylic oxidation sites excluding steroid dienone is 2. The highest BCUT2D eigenvalue weighted by Crippen LogP contribution is 2.27. The van der Waals surface area contributed by atoms with Crippen LogP contribution < -0.4 is 26.6 Å². The van der Waals surface area contributed by atoms with E-state index < -0.39 is 0 Å². The van der Waals surface area contributed by atoms with Gasteiger partial charge < -0.3 is 10.6 Å². The second-order valence-electron chi connectivity index (χ2n) is 7.68. The van der Waals surface area contributed by atoms with Crippen LogP contribution in [0, 0.1) is 0 Å². The van der Waals surface area contributed by atoms with E-state index in [1.807, 2.05) is 67.4 Å². The fourth-order valence-electron chi connectivity index (χ4n) is 3.36. The summed E-state index contributed by atoms with van der Waals surface area (Å²) in [7, 11) is 0. The molecular weight excluding hydrogens is 390 g/mol. The average Bonchev–Trinajstić information content (AvgIpc) is 3.51. The summed E-state index contributed by atoms with van der Waals surface area (Å²) < 4.78 is 0. The molecule has 1 heterocycles. The standard InChI is InChI=1S/C24H27N5O2/c1-3-25-23(30)18-9-13-20(14-10-18)29-21(15-16(2)17-7-5-4-6-8-17)22(27-28-29)24(31)26-19-11-12-19/h4-10,13-15,19,27-28H,3,11-12H2,1-2H3,(H,25,30)(H,26,31)/b16-15-. The third-order valence-electron chi connectivity index (χ3n) is 5.24. The van der Waals surface area contributed by atoms with Gasteiger partial charge in [-0.1, -0.05) is 30.3 Å². The fourth-order valence-corrected chi connectivity index (χ4v) is 3.36. The van der Waals surface area contributed by atoms with Crippen LogP contribution in [0.2, 0.25) is 0 Å². The van der Waals surface area contributed by atoms with Crippen molar-refractivity contribution in [3.05, 3.63) is 83.2 Å².